The lowest BCUT2D eigenvalue weighted by atomic mass is 10.2. The maximum Gasteiger partial charge on any atom is 0.277 e. The molecule has 0 radical (unpaired) electrons. The second-order valence-corrected chi connectivity index (χ2v) is 5.40. The second kappa shape index (κ2) is 6.41. The van der Waals surface area contributed by atoms with E-state index in [1.54, 1.807) is 24.3 Å². The van der Waals surface area contributed by atoms with Gasteiger partial charge in [0.15, 0.2) is 0 Å². The summed E-state index contributed by atoms with van der Waals surface area (Å²) in [6.45, 7) is 0. The highest BCUT2D eigenvalue weighted by Crippen LogP contribution is 2.25. The number of benzene rings is 2. The van der Waals surface area contributed by atoms with Gasteiger partial charge in [-0.25, -0.2) is 4.39 Å². The molecule has 3 rings (SSSR count). The van der Waals surface area contributed by atoms with E-state index in [4.69, 9.17) is 9.68 Å². The van der Waals surface area contributed by atoms with Crippen LogP contribution in [0.2, 0.25) is 0 Å². The van der Waals surface area contributed by atoms with E-state index in [1.807, 2.05) is 12.1 Å². The summed E-state index contributed by atoms with van der Waals surface area (Å²) in [4.78, 5) is 0. The number of thioether (sulfide) groups is 1. The van der Waals surface area contributed by atoms with Crippen LogP contribution in [-0.2, 0) is 5.75 Å². The minimum absolute atomic E-state index is 0.307. The SMILES string of the molecule is N#Cc1ccc(CSc2nnc(-c3ccc(F)cc3)o2)cc1. The first-order valence-corrected chi connectivity index (χ1v) is 7.44. The van der Waals surface area contributed by atoms with E-state index in [9.17, 15) is 4.39 Å². The highest BCUT2D eigenvalue weighted by molar-refractivity contribution is 7.98. The van der Waals surface area contributed by atoms with Crippen LogP contribution in [-0.4, -0.2) is 10.2 Å². The Bertz CT molecular complexity index is 807. The Hall–Kier alpha value is -2.65. The molecule has 0 saturated carbocycles. The number of nitrogens with zero attached hydrogens (tertiary/aromatic N) is 3. The van der Waals surface area contributed by atoms with Crippen molar-refractivity contribution in [1.82, 2.24) is 10.2 Å². The van der Waals surface area contributed by atoms with Gasteiger partial charge in [0, 0.05) is 11.3 Å². The molecule has 108 valence electrons. The molecule has 1 aromatic heterocycles. The average Bonchev–Trinajstić information content (AvgIpc) is 3.03. The maximum absolute atomic E-state index is 12.9. The molecule has 0 bridgehead atoms. The maximum atomic E-state index is 12.9. The Kier molecular flexibility index (Phi) is 4.17. The van der Waals surface area contributed by atoms with Crippen molar-refractivity contribution in [2.24, 2.45) is 0 Å². The van der Waals surface area contributed by atoms with Crippen molar-refractivity contribution in [2.45, 2.75) is 11.0 Å². The smallest absolute Gasteiger partial charge is 0.277 e. The molecular formula is C16H10FN3OS. The Morgan fingerprint density at radius 1 is 1.05 bits per heavy atom. The number of hydrogen-bond acceptors (Lipinski definition) is 5. The monoisotopic (exact) mass is 311 g/mol. The van der Waals surface area contributed by atoms with Crippen LogP contribution in [0.1, 0.15) is 11.1 Å². The Balaban J connectivity index is 1.66. The van der Waals surface area contributed by atoms with E-state index in [0.29, 0.717) is 28.0 Å². The summed E-state index contributed by atoms with van der Waals surface area (Å²) in [6.07, 6.45) is 0. The van der Waals surface area contributed by atoms with Crippen molar-refractivity contribution < 1.29 is 8.81 Å². The van der Waals surface area contributed by atoms with Crippen LogP contribution < -0.4 is 0 Å². The standard InChI is InChI=1S/C16H10FN3OS/c17-14-7-5-13(6-8-14)15-19-20-16(21-15)22-10-12-3-1-11(9-18)2-4-12/h1-8H,10H2. The summed E-state index contributed by atoms with van der Waals surface area (Å²) in [5.41, 5.74) is 2.37. The van der Waals surface area contributed by atoms with Crippen LogP contribution in [0.5, 0.6) is 0 Å². The lowest BCUT2D eigenvalue weighted by Gasteiger charge is -1.98. The Morgan fingerprint density at radius 3 is 2.45 bits per heavy atom. The third-order valence-electron chi connectivity index (χ3n) is 2.94. The van der Waals surface area contributed by atoms with Gasteiger partial charge in [0.2, 0.25) is 5.89 Å². The lowest BCUT2D eigenvalue weighted by molar-refractivity contribution is 0.465. The van der Waals surface area contributed by atoms with Gasteiger partial charge in [-0.2, -0.15) is 5.26 Å². The number of hydrogen-bond donors (Lipinski definition) is 0. The van der Waals surface area contributed by atoms with Gasteiger partial charge in [-0.1, -0.05) is 23.9 Å². The third-order valence-corrected chi connectivity index (χ3v) is 3.83. The van der Waals surface area contributed by atoms with Gasteiger partial charge in [0.05, 0.1) is 11.6 Å². The fourth-order valence-electron chi connectivity index (χ4n) is 1.80. The van der Waals surface area contributed by atoms with Crippen LogP contribution in [0.3, 0.4) is 0 Å². The van der Waals surface area contributed by atoms with Crippen molar-refractivity contribution >= 4 is 11.8 Å². The highest BCUT2D eigenvalue weighted by Gasteiger charge is 2.09. The minimum atomic E-state index is -0.307. The first-order chi connectivity index (χ1) is 10.7. The molecule has 0 amide bonds. The summed E-state index contributed by atoms with van der Waals surface area (Å²) in [5, 5.41) is 17.1. The zero-order chi connectivity index (χ0) is 15.4. The van der Waals surface area contributed by atoms with Crippen LogP contribution in [0.25, 0.3) is 11.5 Å². The molecule has 0 atom stereocenters. The first-order valence-electron chi connectivity index (χ1n) is 6.46. The van der Waals surface area contributed by atoms with Gasteiger partial charge in [0.25, 0.3) is 5.22 Å². The zero-order valence-electron chi connectivity index (χ0n) is 11.4. The largest absolute Gasteiger partial charge is 0.411 e. The normalized spacial score (nSPS) is 10.4. The van der Waals surface area contributed by atoms with Crippen LogP contribution >= 0.6 is 11.8 Å². The van der Waals surface area contributed by atoms with Gasteiger partial charge in [-0.3, -0.25) is 0 Å². The van der Waals surface area contributed by atoms with E-state index in [0.717, 1.165) is 5.56 Å². The predicted octanol–water partition coefficient (Wildman–Crippen LogP) is 4.04. The van der Waals surface area contributed by atoms with Crippen molar-refractivity contribution in [1.29, 1.82) is 5.26 Å². The number of rotatable bonds is 4. The Labute approximate surface area is 130 Å². The fourth-order valence-corrected chi connectivity index (χ4v) is 2.52. The summed E-state index contributed by atoms with van der Waals surface area (Å²) in [5.74, 6) is 0.720. The third kappa shape index (κ3) is 3.32. The molecule has 4 nitrogen and oxygen atoms in total. The predicted molar refractivity (Wildman–Crippen MR) is 80.4 cm³/mol. The average molecular weight is 311 g/mol. The summed E-state index contributed by atoms with van der Waals surface area (Å²) < 4.78 is 18.4. The summed E-state index contributed by atoms with van der Waals surface area (Å²) in [7, 11) is 0. The molecule has 0 fully saturated rings. The van der Waals surface area contributed by atoms with Gasteiger partial charge >= 0.3 is 0 Å². The van der Waals surface area contributed by atoms with Gasteiger partial charge < -0.3 is 4.42 Å². The molecule has 0 N–H and O–H groups in total. The Morgan fingerprint density at radius 2 is 1.77 bits per heavy atom. The molecule has 22 heavy (non-hydrogen) atoms. The van der Waals surface area contributed by atoms with Crippen LogP contribution in [0, 0.1) is 17.1 Å². The molecule has 2 aromatic carbocycles. The zero-order valence-corrected chi connectivity index (χ0v) is 12.2. The molecule has 3 aromatic rings. The summed E-state index contributed by atoms with van der Waals surface area (Å²) in [6, 6.07) is 15.3. The molecular weight excluding hydrogens is 301 g/mol. The van der Waals surface area contributed by atoms with Crippen molar-refractivity contribution in [2.75, 3.05) is 0 Å². The first kappa shape index (κ1) is 14.3. The number of nitriles is 1. The molecule has 0 saturated heterocycles. The molecule has 1 heterocycles. The minimum Gasteiger partial charge on any atom is -0.411 e. The topological polar surface area (TPSA) is 62.7 Å². The van der Waals surface area contributed by atoms with Gasteiger partial charge in [-0.05, 0) is 42.0 Å². The van der Waals surface area contributed by atoms with E-state index in [1.165, 1.54) is 23.9 Å². The highest BCUT2D eigenvalue weighted by atomic mass is 32.2. The van der Waals surface area contributed by atoms with Gasteiger partial charge in [0.1, 0.15) is 5.82 Å². The quantitative estimate of drug-likeness (QED) is 0.680. The van der Waals surface area contributed by atoms with E-state index in [2.05, 4.69) is 16.3 Å². The number of halogens is 1. The van der Waals surface area contributed by atoms with Crippen LogP contribution in [0.4, 0.5) is 4.39 Å². The second-order valence-electron chi connectivity index (χ2n) is 4.48. The van der Waals surface area contributed by atoms with Crippen LogP contribution in [0.15, 0.2) is 58.2 Å². The molecule has 0 aliphatic heterocycles. The lowest BCUT2D eigenvalue weighted by Crippen LogP contribution is -1.81. The number of aromatic nitrogens is 2. The molecule has 0 spiro atoms. The van der Waals surface area contributed by atoms with Crippen molar-refractivity contribution in [3.8, 4) is 17.5 Å². The molecule has 0 aliphatic rings. The van der Waals surface area contributed by atoms with Crippen molar-refractivity contribution in [3.63, 3.8) is 0 Å². The molecule has 0 aliphatic carbocycles. The van der Waals surface area contributed by atoms with E-state index in [-0.39, 0.29) is 5.82 Å². The molecule has 0 unspecified atom stereocenters. The van der Waals surface area contributed by atoms with E-state index >= 15 is 0 Å². The van der Waals surface area contributed by atoms with Gasteiger partial charge in [-0.15, -0.1) is 10.2 Å². The summed E-state index contributed by atoms with van der Waals surface area (Å²) >= 11 is 1.41. The fraction of sp³-hybridized carbons (Fsp3) is 0.0625. The molecule has 6 heteroatoms. The van der Waals surface area contributed by atoms with Crippen molar-refractivity contribution in [3.05, 3.63) is 65.5 Å². The van der Waals surface area contributed by atoms with E-state index < -0.39 is 0 Å².